The monoisotopic (exact) mass is 384 g/mol. The number of methoxy groups -OCH3 is 1. The Bertz CT molecular complexity index is 634. The number of hydrogen-bond acceptors (Lipinski definition) is 5. The quantitative estimate of drug-likeness (QED) is 0.480. The fraction of sp³-hybridized carbons (Fsp3) is 0.579. The molecule has 0 saturated heterocycles. The summed E-state index contributed by atoms with van der Waals surface area (Å²) >= 11 is 0. The molecule has 0 unspecified atom stereocenters. The van der Waals surface area contributed by atoms with Crippen LogP contribution in [0.15, 0.2) is 23.4 Å². The molecule has 0 N–H and O–H groups in total. The van der Waals surface area contributed by atoms with Crippen LogP contribution in [0.5, 0.6) is 11.5 Å². The van der Waals surface area contributed by atoms with Crippen LogP contribution < -0.4 is 9.47 Å². The fourth-order valence-electron chi connectivity index (χ4n) is 3.26. The maximum Gasteiger partial charge on any atom is 0.387 e. The van der Waals surface area contributed by atoms with Gasteiger partial charge in [-0.05, 0) is 38.0 Å². The first-order valence-corrected chi connectivity index (χ1v) is 9.12. The Balaban J connectivity index is 1.88. The lowest BCUT2D eigenvalue weighted by molar-refractivity contribution is -0.138. The predicted octanol–water partition coefficient (Wildman–Crippen LogP) is 3.83. The van der Waals surface area contributed by atoms with E-state index in [1.54, 1.807) is 0 Å². The van der Waals surface area contributed by atoms with Crippen molar-refractivity contribution in [2.45, 2.75) is 51.7 Å². The minimum absolute atomic E-state index is 0.0631. The van der Waals surface area contributed by atoms with E-state index in [2.05, 4.69) is 9.89 Å². The van der Waals surface area contributed by atoms with Crippen molar-refractivity contribution in [2.24, 2.45) is 5.16 Å². The SMILES string of the molecule is CCN(C(=O)CON=Cc1ccc(OC(F)F)c(OC)c1)C1CCCCC1. The van der Waals surface area contributed by atoms with Crippen molar-refractivity contribution in [1.82, 2.24) is 4.90 Å². The first kappa shape index (κ1) is 20.9. The van der Waals surface area contributed by atoms with Crippen molar-refractivity contribution < 1.29 is 27.9 Å². The summed E-state index contributed by atoms with van der Waals surface area (Å²) in [5, 5.41) is 3.79. The standard InChI is InChI=1S/C19H26F2N2O4/c1-3-23(15-7-5-4-6-8-15)18(24)13-26-22-12-14-9-10-16(27-19(20)21)17(11-14)25-2/h9-12,15,19H,3-8,13H2,1-2H3. The van der Waals surface area contributed by atoms with E-state index in [1.807, 2.05) is 11.8 Å². The van der Waals surface area contributed by atoms with Crippen LogP contribution in [0.25, 0.3) is 0 Å². The van der Waals surface area contributed by atoms with Gasteiger partial charge in [0.2, 0.25) is 0 Å². The average molecular weight is 384 g/mol. The number of nitrogens with zero attached hydrogens (tertiary/aromatic N) is 2. The van der Waals surface area contributed by atoms with Crippen molar-refractivity contribution in [3.8, 4) is 11.5 Å². The normalized spacial score (nSPS) is 15.1. The van der Waals surface area contributed by atoms with Gasteiger partial charge in [0.1, 0.15) is 0 Å². The van der Waals surface area contributed by atoms with E-state index in [0.717, 1.165) is 25.7 Å². The highest BCUT2D eigenvalue weighted by molar-refractivity contribution is 5.81. The molecule has 2 rings (SSSR count). The Hall–Kier alpha value is -2.38. The largest absolute Gasteiger partial charge is 0.493 e. The molecule has 150 valence electrons. The molecular weight excluding hydrogens is 358 g/mol. The molecule has 0 radical (unpaired) electrons. The Labute approximate surface area is 158 Å². The number of amides is 1. The first-order valence-electron chi connectivity index (χ1n) is 9.12. The lowest BCUT2D eigenvalue weighted by atomic mass is 9.94. The second-order valence-corrected chi connectivity index (χ2v) is 6.27. The first-order chi connectivity index (χ1) is 13.0. The van der Waals surface area contributed by atoms with Crippen LogP contribution in [-0.2, 0) is 9.63 Å². The third-order valence-corrected chi connectivity index (χ3v) is 4.54. The molecule has 0 atom stereocenters. The van der Waals surface area contributed by atoms with Crippen molar-refractivity contribution >= 4 is 12.1 Å². The van der Waals surface area contributed by atoms with Gasteiger partial charge in [0, 0.05) is 18.2 Å². The smallest absolute Gasteiger partial charge is 0.387 e. The van der Waals surface area contributed by atoms with E-state index in [0.29, 0.717) is 12.1 Å². The number of carbonyl (C=O) groups excluding carboxylic acids is 1. The van der Waals surface area contributed by atoms with Gasteiger partial charge in [-0.2, -0.15) is 8.78 Å². The summed E-state index contributed by atoms with van der Waals surface area (Å²) in [6.07, 6.45) is 7.00. The minimum atomic E-state index is -2.93. The van der Waals surface area contributed by atoms with E-state index in [9.17, 15) is 13.6 Å². The van der Waals surface area contributed by atoms with Crippen molar-refractivity contribution in [1.29, 1.82) is 0 Å². The highest BCUT2D eigenvalue weighted by Crippen LogP contribution is 2.29. The molecule has 0 spiro atoms. The van der Waals surface area contributed by atoms with E-state index in [1.165, 1.54) is 37.9 Å². The third kappa shape index (κ3) is 6.37. The van der Waals surface area contributed by atoms with E-state index < -0.39 is 6.61 Å². The Morgan fingerprint density at radius 3 is 2.67 bits per heavy atom. The van der Waals surface area contributed by atoms with Crippen LogP contribution in [0.3, 0.4) is 0 Å². The molecule has 1 aromatic carbocycles. The average Bonchev–Trinajstić information content (AvgIpc) is 2.67. The number of halogens is 2. The fourth-order valence-corrected chi connectivity index (χ4v) is 3.26. The molecule has 1 fully saturated rings. The van der Waals surface area contributed by atoms with Crippen LogP contribution in [0, 0.1) is 0 Å². The summed E-state index contributed by atoms with van der Waals surface area (Å²) in [6.45, 7) is -0.451. The highest BCUT2D eigenvalue weighted by atomic mass is 19.3. The van der Waals surface area contributed by atoms with E-state index >= 15 is 0 Å². The van der Waals surface area contributed by atoms with Crippen molar-refractivity contribution in [3.63, 3.8) is 0 Å². The number of ether oxygens (including phenoxy) is 2. The highest BCUT2D eigenvalue weighted by Gasteiger charge is 2.24. The second-order valence-electron chi connectivity index (χ2n) is 6.27. The number of oxime groups is 1. The summed E-state index contributed by atoms with van der Waals surface area (Å²) in [5.74, 6) is 0.0106. The van der Waals surface area contributed by atoms with Gasteiger partial charge < -0.3 is 19.2 Å². The molecule has 0 bridgehead atoms. The zero-order valence-corrected chi connectivity index (χ0v) is 15.7. The van der Waals surface area contributed by atoms with Crippen molar-refractivity contribution in [2.75, 3.05) is 20.3 Å². The van der Waals surface area contributed by atoms with Crippen molar-refractivity contribution in [3.05, 3.63) is 23.8 Å². The molecule has 0 heterocycles. The summed E-state index contributed by atoms with van der Waals surface area (Å²) in [5.41, 5.74) is 0.570. The van der Waals surface area contributed by atoms with Gasteiger partial charge in [0.05, 0.1) is 13.3 Å². The van der Waals surface area contributed by atoms with Gasteiger partial charge in [-0.1, -0.05) is 24.4 Å². The summed E-state index contributed by atoms with van der Waals surface area (Å²) < 4.78 is 34.0. The Morgan fingerprint density at radius 1 is 1.30 bits per heavy atom. The number of benzene rings is 1. The molecule has 6 nitrogen and oxygen atoms in total. The number of likely N-dealkylation sites (N-methyl/N-ethyl adjacent to an activating group) is 1. The number of rotatable bonds is 9. The van der Waals surface area contributed by atoms with Gasteiger partial charge in [0.25, 0.3) is 5.91 Å². The summed E-state index contributed by atoms with van der Waals surface area (Å²) in [4.78, 5) is 19.3. The zero-order valence-electron chi connectivity index (χ0n) is 15.7. The molecule has 0 aliphatic heterocycles. The van der Waals surface area contributed by atoms with Crippen LogP contribution in [0.4, 0.5) is 8.78 Å². The number of alkyl halides is 2. The second kappa shape index (κ2) is 10.7. The minimum Gasteiger partial charge on any atom is -0.493 e. The van der Waals surface area contributed by atoms with Gasteiger partial charge in [-0.15, -0.1) is 0 Å². The molecule has 8 heteroatoms. The maximum absolute atomic E-state index is 12.4. The zero-order chi connectivity index (χ0) is 19.6. The van der Waals surface area contributed by atoms with E-state index in [4.69, 9.17) is 9.57 Å². The lowest BCUT2D eigenvalue weighted by Crippen LogP contribution is -2.42. The molecule has 1 aromatic rings. The topological polar surface area (TPSA) is 60.4 Å². The third-order valence-electron chi connectivity index (χ3n) is 4.54. The van der Waals surface area contributed by atoms with Gasteiger partial charge in [0.15, 0.2) is 18.1 Å². The van der Waals surface area contributed by atoms with Crippen LogP contribution in [0.2, 0.25) is 0 Å². The van der Waals surface area contributed by atoms with E-state index in [-0.39, 0.29) is 30.1 Å². The lowest BCUT2D eigenvalue weighted by Gasteiger charge is -2.33. The molecule has 1 saturated carbocycles. The summed E-state index contributed by atoms with van der Waals surface area (Å²) in [6, 6.07) is 4.68. The summed E-state index contributed by atoms with van der Waals surface area (Å²) in [7, 11) is 1.36. The molecule has 1 aliphatic carbocycles. The molecule has 27 heavy (non-hydrogen) atoms. The molecular formula is C19H26F2N2O4. The number of carbonyl (C=O) groups is 1. The van der Waals surface area contributed by atoms with Crippen LogP contribution in [-0.4, -0.2) is 49.9 Å². The van der Waals surface area contributed by atoms with Crippen LogP contribution >= 0.6 is 0 Å². The Kier molecular flexibility index (Phi) is 8.29. The van der Waals surface area contributed by atoms with Gasteiger partial charge in [-0.3, -0.25) is 4.79 Å². The molecule has 1 aliphatic rings. The predicted molar refractivity (Wildman–Crippen MR) is 97.4 cm³/mol. The number of hydrogen-bond donors (Lipinski definition) is 0. The van der Waals surface area contributed by atoms with Gasteiger partial charge >= 0.3 is 6.61 Å². The Morgan fingerprint density at radius 2 is 2.04 bits per heavy atom. The molecule has 1 amide bonds. The maximum atomic E-state index is 12.4. The van der Waals surface area contributed by atoms with Crippen LogP contribution in [0.1, 0.15) is 44.6 Å². The van der Waals surface area contributed by atoms with Gasteiger partial charge in [-0.25, -0.2) is 0 Å². The molecule has 0 aromatic heterocycles.